The van der Waals surface area contributed by atoms with Crippen LogP contribution in [0.15, 0.2) is 42.6 Å². The predicted octanol–water partition coefficient (Wildman–Crippen LogP) is 1.84. The van der Waals surface area contributed by atoms with Crippen molar-refractivity contribution in [1.29, 1.82) is 0 Å². The van der Waals surface area contributed by atoms with Gasteiger partial charge in [-0.25, -0.2) is 4.98 Å². The van der Waals surface area contributed by atoms with Crippen LogP contribution in [0.5, 0.6) is 11.5 Å². The van der Waals surface area contributed by atoms with Gasteiger partial charge in [0.1, 0.15) is 5.75 Å². The Hall–Kier alpha value is -3.09. The average Bonchev–Trinajstić information content (AvgIpc) is 2.60. The number of likely N-dealkylation sites (N-methyl/N-ethyl adjacent to an activating group) is 1. The Bertz CT molecular complexity index is 808. The van der Waals surface area contributed by atoms with Gasteiger partial charge in [0, 0.05) is 25.0 Å². The first-order chi connectivity index (χ1) is 11.5. The van der Waals surface area contributed by atoms with Crippen molar-refractivity contribution in [2.24, 2.45) is 0 Å². The van der Waals surface area contributed by atoms with Crippen LogP contribution in [-0.4, -0.2) is 36.6 Å². The molecule has 1 atom stereocenters. The number of methoxy groups -OCH3 is 1. The van der Waals surface area contributed by atoms with Crippen LogP contribution < -0.4 is 19.7 Å². The van der Waals surface area contributed by atoms with Gasteiger partial charge in [-0.05, 0) is 31.2 Å². The molecule has 1 aliphatic heterocycles. The van der Waals surface area contributed by atoms with Gasteiger partial charge in [-0.3, -0.25) is 14.5 Å². The molecule has 0 aliphatic carbocycles. The highest BCUT2D eigenvalue weighted by Crippen LogP contribution is 2.35. The van der Waals surface area contributed by atoms with Gasteiger partial charge in [0.15, 0.2) is 11.6 Å². The predicted molar refractivity (Wildman–Crippen MR) is 88.3 cm³/mol. The quantitative estimate of drug-likeness (QED) is 0.870. The highest BCUT2D eigenvalue weighted by molar-refractivity contribution is 6.19. The molecular formula is C17H17N3O4. The van der Waals surface area contributed by atoms with E-state index in [2.05, 4.69) is 10.3 Å². The van der Waals surface area contributed by atoms with E-state index in [1.807, 2.05) is 0 Å². The molecule has 0 fully saturated rings. The van der Waals surface area contributed by atoms with E-state index >= 15 is 0 Å². The summed E-state index contributed by atoms with van der Waals surface area (Å²) in [6.07, 6.45) is 1.56. The molecular weight excluding hydrogens is 310 g/mol. The second-order valence-corrected chi connectivity index (χ2v) is 5.51. The Labute approximate surface area is 139 Å². The number of rotatable bonds is 3. The number of nitrogens with one attached hydrogen (secondary N) is 1. The summed E-state index contributed by atoms with van der Waals surface area (Å²) >= 11 is 0. The van der Waals surface area contributed by atoms with Crippen LogP contribution in [0.4, 0.5) is 11.5 Å². The molecule has 0 spiro atoms. The number of fused-ring (bicyclic) bond motifs is 1. The smallest absolute Gasteiger partial charge is 0.281 e. The number of carbonyl (C=O) groups is 2. The van der Waals surface area contributed by atoms with E-state index in [0.717, 1.165) is 0 Å². The number of carbonyl (C=O) groups excluding carboxylic acids is 2. The van der Waals surface area contributed by atoms with Crippen LogP contribution in [0.1, 0.15) is 6.92 Å². The zero-order valence-electron chi connectivity index (χ0n) is 13.6. The fraction of sp³-hybridized carbons (Fsp3) is 0.235. The van der Waals surface area contributed by atoms with Gasteiger partial charge in [0.2, 0.25) is 0 Å². The number of benzene rings is 1. The summed E-state index contributed by atoms with van der Waals surface area (Å²) in [4.78, 5) is 30.8. The van der Waals surface area contributed by atoms with Gasteiger partial charge in [-0.1, -0.05) is 6.07 Å². The average molecular weight is 327 g/mol. The van der Waals surface area contributed by atoms with E-state index in [4.69, 9.17) is 9.47 Å². The van der Waals surface area contributed by atoms with E-state index in [-0.39, 0.29) is 0 Å². The fourth-order valence-electron chi connectivity index (χ4n) is 2.49. The summed E-state index contributed by atoms with van der Waals surface area (Å²) in [7, 11) is 3.10. The van der Waals surface area contributed by atoms with E-state index in [1.165, 1.54) is 18.9 Å². The second kappa shape index (κ2) is 5.84. The van der Waals surface area contributed by atoms with Crippen molar-refractivity contribution >= 4 is 23.3 Å². The first-order valence-electron chi connectivity index (χ1n) is 7.33. The monoisotopic (exact) mass is 327 g/mol. The number of nitrogens with zero attached hydrogens (tertiary/aromatic N) is 2. The third kappa shape index (κ3) is 2.54. The van der Waals surface area contributed by atoms with Gasteiger partial charge < -0.3 is 14.8 Å². The molecule has 0 saturated heterocycles. The Kier molecular flexibility index (Phi) is 3.84. The minimum atomic E-state index is -1.69. The molecule has 0 saturated carbocycles. The highest BCUT2D eigenvalue weighted by Gasteiger charge is 2.50. The number of anilines is 2. The molecule has 2 heterocycles. The summed E-state index contributed by atoms with van der Waals surface area (Å²) in [5.41, 5.74) is -1.18. The number of ether oxygens (including phenoxy) is 2. The zero-order chi connectivity index (χ0) is 17.3. The molecule has 24 heavy (non-hydrogen) atoms. The Balaban J connectivity index is 1.90. The first-order valence-corrected chi connectivity index (χ1v) is 7.33. The van der Waals surface area contributed by atoms with Crippen LogP contribution in [-0.2, 0) is 9.59 Å². The molecule has 124 valence electrons. The lowest BCUT2D eigenvalue weighted by atomic mass is 10.0. The summed E-state index contributed by atoms with van der Waals surface area (Å²) < 4.78 is 10.8. The zero-order valence-corrected chi connectivity index (χ0v) is 13.6. The summed E-state index contributed by atoms with van der Waals surface area (Å²) in [6.45, 7) is 1.44. The summed E-state index contributed by atoms with van der Waals surface area (Å²) in [5, 5.41) is 2.70. The minimum Gasteiger partial charge on any atom is -0.497 e. The molecule has 0 unspecified atom stereocenters. The Morgan fingerprint density at radius 2 is 2.12 bits per heavy atom. The fourth-order valence-corrected chi connectivity index (χ4v) is 2.49. The Morgan fingerprint density at radius 3 is 2.88 bits per heavy atom. The van der Waals surface area contributed by atoms with Gasteiger partial charge in [-0.15, -0.1) is 0 Å². The van der Waals surface area contributed by atoms with Crippen LogP contribution >= 0.6 is 0 Å². The standard InChI is InChI=1S/C17H17N3O4/c1-17(15(21)19-11-6-4-7-12(10-11)23-3)16(22)20(2)14-13(24-17)8-5-9-18-14/h4-10H,1-3H3,(H,19,21)/t17-/m0/s1. The van der Waals surface area contributed by atoms with Gasteiger partial charge in [0.25, 0.3) is 17.4 Å². The Morgan fingerprint density at radius 1 is 1.33 bits per heavy atom. The molecule has 1 aliphatic rings. The van der Waals surface area contributed by atoms with E-state index < -0.39 is 17.4 Å². The maximum Gasteiger partial charge on any atom is 0.281 e. The molecule has 0 bridgehead atoms. The SMILES string of the molecule is COc1cccc(NC(=O)[C@]2(C)Oc3cccnc3N(C)C2=O)c1. The van der Waals surface area contributed by atoms with E-state index in [9.17, 15) is 9.59 Å². The summed E-state index contributed by atoms with van der Waals surface area (Å²) in [6, 6.07) is 10.2. The molecule has 7 heteroatoms. The second-order valence-electron chi connectivity index (χ2n) is 5.51. The van der Waals surface area contributed by atoms with Gasteiger partial charge >= 0.3 is 0 Å². The number of pyridine rings is 1. The minimum absolute atomic E-state index is 0.378. The molecule has 1 aromatic carbocycles. The largest absolute Gasteiger partial charge is 0.497 e. The number of aromatic nitrogens is 1. The normalized spacial score (nSPS) is 19.3. The number of amides is 2. The number of hydrogen-bond donors (Lipinski definition) is 1. The molecule has 1 N–H and O–H groups in total. The van der Waals surface area contributed by atoms with Crippen molar-refractivity contribution in [3.8, 4) is 11.5 Å². The highest BCUT2D eigenvalue weighted by atomic mass is 16.5. The van der Waals surface area contributed by atoms with Crippen LogP contribution in [0.25, 0.3) is 0 Å². The van der Waals surface area contributed by atoms with Crippen molar-refractivity contribution in [3.05, 3.63) is 42.6 Å². The summed E-state index contributed by atoms with van der Waals surface area (Å²) in [5.74, 6) is 0.300. The topological polar surface area (TPSA) is 80.8 Å². The molecule has 0 radical (unpaired) electrons. The van der Waals surface area contributed by atoms with Crippen molar-refractivity contribution in [1.82, 2.24) is 4.98 Å². The van der Waals surface area contributed by atoms with Crippen molar-refractivity contribution in [2.45, 2.75) is 12.5 Å². The lowest BCUT2D eigenvalue weighted by molar-refractivity contribution is -0.145. The van der Waals surface area contributed by atoms with Crippen LogP contribution in [0, 0.1) is 0 Å². The van der Waals surface area contributed by atoms with Crippen LogP contribution in [0.3, 0.4) is 0 Å². The van der Waals surface area contributed by atoms with Crippen molar-refractivity contribution in [3.63, 3.8) is 0 Å². The first kappa shape index (κ1) is 15.8. The lowest BCUT2D eigenvalue weighted by Crippen LogP contribution is -2.60. The van der Waals surface area contributed by atoms with Crippen LogP contribution in [0.2, 0.25) is 0 Å². The van der Waals surface area contributed by atoms with Crippen molar-refractivity contribution in [2.75, 3.05) is 24.4 Å². The molecule has 2 amide bonds. The molecule has 3 rings (SSSR count). The van der Waals surface area contributed by atoms with Gasteiger partial charge in [-0.2, -0.15) is 0 Å². The number of hydrogen-bond acceptors (Lipinski definition) is 5. The van der Waals surface area contributed by atoms with E-state index in [1.54, 1.807) is 49.6 Å². The maximum atomic E-state index is 12.7. The van der Waals surface area contributed by atoms with E-state index in [0.29, 0.717) is 23.0 Å². The molecule has 1 aromatic heterocycles. The lowest BCUT2D eigenvalue weighted by Gasteiger charge is -2.36. The third-order valence-corrected chi connectivity index (χ3v) is 3.86. The third-order valence-electron chi connectivity index (χ3n) is 3.86. The molecule has 7 nitrogen and oxygen atoms in total. The maximum absolute atomic E-state index is 12.7. The molecule has 2 aromatic rings. The van der Waals surface area contributed by atoms with Gasteiger partial charge in [0.05, 0.1) is 7.11 Å². The van der Waals surface area contributed by atoms with Crippen molar-refractivity contribution < 1.29 is 19.1 Å².